The van der Waals surface area contributed by atoms with Gasteiger partial charge in [0.1, 0.15) is 0 Å². The highest BCUT2D eigenvalue weighted by Gasteiger charge is 2.35. The summed E-state index contributed by atoms with van der Waals surface area (Å²) in [5.74, 6) is 0. The fourth-order valence-corrected chi connectivity index (χ4v) is 1.63. The molecule has 66 valence electrons. The van der Waals surface area contributed by atoms with E-state index in [4.69, 9.17) is 15.6 Å². The van der Waals surface area contributed by atoms with Gasteiger partial charge in [-0.1, -0.05) is 0 Å². The van der Waals surface area contributed by atoms with E-state index >= 15 is 0 Å². The molecule has 0 heterocycles. The number of hydrogen-bond acceptors (Lipinski definition) is 3. The van der Waals surface area contributed by atoms with Crippen LogP contribution in [-0.4, -0.2) is 30.0 Å². The van der Waals surface area contributed by atoms with Crippen LogP contribution in [0.25, 0.3) is 0 Å². The first kappa shape index (κ1) is 8.97. The summed E-state index contributed by atoms with van der Waals surface area (Å²) in [6.07, 6.45) is 2.95. The summed E-state index contributed by atoms with van der Waals surface area (Å²) in [5, 5.41) is 8.93. The number of rotatable bonds is 3. The molecular formula is C8H17NO2. The number of hydrogen-bond donors (Lipinski definition) is 2. The van der Waals surface area contributed by atoms with E-state index in [9.17, 15) is 0 Å². The molecule has 3 heteroatoms. The second-order valence-electron chi connectivity index (χ2n) is 3.34. The molecule has 3 N–H and O–H groups in total. The van der Waals surface area contributed by atoms with E-state index in [0.29, 0.717) is 0 Å². The molecule has 0 spiro atoms. The summed E-state index contributed by atoms with van der Waals surface area (Å²) in [7, 11) is 0. The largest absolute Gasteiger partial charge is 0.394 e. The van der Waals surface area contributed by atoms with E-state index in [1.54, 1.807) is 0 Å². The van der Waals surface area contributed by atoms with Gasteiger partial charge in [-0.25, -0.2) is 0 Å². The van der Waals surface area contributed by atoms with Crippen LogP contribution in [0.15, 0.2) is 0 Å². The van der Waals surface area contributed by atoms with E-state index in [0.717, 1.165) is 25.9 Å². The van der Waals surface area contributed by atoms with E-state index in [1.165, 1.54) is 0 Å². The van der Waals surface area contributed by atoms with Crippen molar-refractivity contribution in [1.82, 2.24) is 0 Å². The fraction of sp³-hybridized carbons (Fsp3) is 1.00. The maximum Gasteiger partial charge on any atom is 0.0612 e. The molecule has 3 nitrogen and oxygen atoms in total. The fourth-order valence-electron chi connectivity index (χ4n) is 1.63. The molecule has 0 radical (unpaired) electrons. The first-order valence-corrected chi connectivity index (χ1v) is 4.21. The predicted molar refractivity (Wildman–Crippen MR) is 43.3 cm³/mol. The smallest absolute Gasteiger partial charge is 0.0612 e. The van der Waals surface area contributed by atoms with Crippen LogP contribution in [0.4, 0.5) is 0 Å². The molecule has 0 saturated heterocycles. The summed E-state index contributed by atoms with van der Waals surface area (Å²) in [4.78, 5) is 0. The van der Waals surface area contributed by atoms with Gasteiger partial charge in [0.15, 0.2) is 0 Å². The minimum absolute atomic E-state index is 0.0799. The van der Waals surface area contributed by atoms with Crippen molar-refractivity contribution in [3.63, 3.8) is 0 Å². The Morgan fingerprint density at radius 2 is 2.45 bits per heavy atom. The van der Waals surface area contributed by atoms with Crippen LogP contribution in [0.2, 0.25) is 0 Å². The van der Waals surface area contributed by atoms with Gasteiger partial charge in [-0.15, -0.1) is 0 Å². The highest BCUT2D eigenvalue weighted by atomic mass is 16.5. The normalized spacial score (nSPS) is 37.9. The highest BCUT2D eigenvalue weighted by molar-refractivity contribution is 4.93. The van der Waals surface area contributed by atoms with Crippen molar-refractivity contribution in [3.05, 3.63) is 0 Å². The Morgan fingerprint density at radius 1 is 1.73 bits per heavy atom. The lowest BCUT2D eigenvalue weighted by Crippen LogP contribution is -2.41. The zero-order valence-corrected chi connectivity index (χ0v) is 7.05. The summed E-state index contributed by atoms with van der Waals surface area (Å²) in [6, 6.07) is 0. The summed E-state index contributed by atoms with van der Waals surface area (Å²) in [5.41, 5.74) is 5.49. The molecule has 0 aromatic rings. The van der Waals surface area contributed by atoms with Crippen molar-refractivity contribution < 1.29 is 9.84 Å². The lowest BCUT2D eigenvalue weighted by atomic mass is 10.0. The minimum atomic E-state index is -0.361. The van der Waals surface area contributed by atoms with Crippen LogP contribution in [0.3, 0.4) is 0 Å². The van der Waals surface area contributed by atoms with Gasteiger partial charge in [0.2, 0.25) is 0 Å². The molecule has 0 aliphatic heterocycles. The predicted octanol–water partition coefficient (Wildman–Crippen LogP) is 0.265. The number of aliphatic hydroxyl groups is 1. The van der Waals surface area contributed by atoms with Crippen LogP contribution in [0.5, 0.6) is 0 Å². The number of aliphatic hydroxyl groups excluding tert-OH is 1. The molecular weight excluding hydrogens is 142 g/mol. The van der Waals surface area contributed by atoms with Crippen LogP contribution in [-0.2, 0) is 4.74 Å². The molecule has 1 aliphatic rings. The lowest BCUT2D eigenvalue weighted by molar-refractivity contribution is 0.0597. The SMILES string of the molecule is CCOC1CCC(N)(CO)C1. The van der Waals surface area contributed by atoms with Gasteiger partial charge in [0.05, 0.1) is 12.7 Å². The Balaban J connectivity index is 2.33. The van der Waals surface area contributed by atoms with Crippen molar-refractivity contribution in [1.29, 1.82) is 0 Å². The van der Waals surface area contributed by atoms with Crippen molar-refractivity contribution in [2.75, 3.05) is 13.2 Å². The molecule has 0 aromatic heterocycles. The molecule has 0 aromatic carbocycles. The molecule has 11 heavy (non-hydrogen) atoms. The van der Waals surface area contributed by atoms with Gasteiger partial charge in [-0.05, 0) is 26.2 Å². The first-order chi connectivity index (χ1) is 5.20. The monoisotopic (exact) mass is 159 g/mol. The number of ether oxygens (including phenoxy) is 1. The second-order valence-corrected chi connectivity index (χ2v) is 3.34. The highest BCUT2D eigenvalue weighted by Crippen LogP contribution is 2.29. The molecule has 2 atom stereocenters. The Bertz CT molecular complexity index is 129. The third kappa shape index (κ3) is 2.15. The van der Waals surface area contributed by atoms with Gasteiger partial charge in [0.25, 0.3) is 0 Å². The number of nitrogens with two attached hydrogens (primary N) is 1. The van der Waals surface area contributed by atoms with Gasteiger partial charge < -0.3 is 15.6 Å². The quantitative estimate of drug-likeness (QED) is 0.621. The van der Waals surface area contributed by atoms with E-state index in [2.05, 4.69) is 0 Å². The van der Waals surface area contributed by atoms with Gasteiger partial charge in [-0.2, -0.15) is 0 Å². The van der Waals surface area contributed by atoms with Crippen molar-refractivity contribution in [3.8, 4) is 0 Å². The first-order valence-electron chi connectivity index (χ1n) is 4.21. The Morgan fingerprint density at radius 3 is 2.91 bits per heavy atom. The standard InChI is InChI=1S/C8H17NO2/c1-2-11-7-3-4-8(9,5-7)6-10/h7,10H,2-6,9H2,1H3. The molecule has 1 fully saturated rings. The van der Waals surface area contributed by atoms with Crippen LogP contribution >= 0.6 is 0 Å². The molecule has 0 bridgehead atoms. The van der Waals surface area contributed by atoms with Crippen molar-refractivity contribution in [2.24, 2.45) is 5.73 Å². The van der Waals surface area contributed by atoms with Crippen LogP contribution in [0.1, 0.15) is 26.2 Å². The Hall–Kier alpha value is -0.120. The Labute approximate surface area is 67.5 Å². The average Bonchev–Trinajstić information content (AvgIpc) is 2.35. The van der Waals surface area contributed by atoms with E-state index in [1.807, 2.05) is 6.92 Å². The zero-order valence-electron chi connectivity index (χ0n) is 7.05. The molecule has 0 amide bonds. The lowest BCUT2D eigenvalue weighted by Gasteiger charge is -2.20. The molecule has 1 aliphatic carbocycles. The topological polar surface area (TPSA) is 55.5 Å². The van der Waals surface area contributed by atoms with Gasteiger partial charge >= 0.3 is 0 Å². The van der Waals surface area contributed by atoms with Crippen LogP contribution < -0.4 is 5.73 Å². The molecule has 2 unspecified atom stereocenters. The Kier molecular flexibility index (Phi) is 2.87. The van der Waals surface area contributed by atoms with Gasteiger partial charge in [0, 0.05) is 12.1 Å². The van der Waals surface area contributed by atoms with Crippen molar-refractivity contribution >= 4 is 0 Å². The molecule has 1 saturated carbocycles. The van der Waals surface area contributed by atoms with Crippen LogP contribution in [0, 0.1) is 0 Å². The molecule has 1 rings (SSSR count). The van der Waals surface area contributed by atoms with Crippen molar-refractivity contribution in [2.45, 2.75) is 37.8 Å². The maximum atomic E-state index is 8.93. The second kappa shape index (κ2) is 3.52. The van der Waals surface area contributed by atoms with E-state index < -0.39 is 0 Å². The third-order valence-corrected chi connectivity index (χ3v) is 2.32. The summed E-state index contributed by atoms with van der Waals surface area (Å²) in [6.45, 7) is 2.80. The summed E-state index contributed by atoms with van der Waals surface area (Å²) >= 11 is 0. The zero-order chi connectivity index (χ0) is 8.32. The van der Waals surface area contributed by atoms with E-state index in [-0.39, 0.29) is 18.2 Å². The summed E-state index contributed by atoms with van der Waals surface area (Å²) < 4.78 is 5.41. The minimum Gasteiger partial charge on any atom is -0.394 e. The third-order valence-electron chi connectivity index (χ3n) is 2.32. The average molecular weight is 159 g/mol. The van der Waals surface area contributed by atoms with Gasteiger partial charge in [-0.3, -0.25) is 0 Å². The maximum absolute atomic E-state index is 8.93.